The highest BCUT2D eigenvalue weighted by molar-refractivity contribution is 5.96. The predicted molar refractivity (Wildman–Crippen MR) is 170 cm³/mol. The first-order chi connectivity index (χ1) is 19.3. The number of fused-ring (bicyclic) bond motifs is 1. The molecule has 1 aliphatic rings. The molecule has 10 nitrogen and oxygen atoms in total. The fraction of sp³-hybridized carbons (Fsp3) is 0.333. The topological polar surface area (TPSA) is 124 Å². The molecular formula is C30H39Cl2N7O3. The van der Waals surface area contributed by atoms with Crippen molar-refractivity contribution in [3.8, 4) is 11.3 Å². The molecule has 4 N–H and O–H groups in total. The number of primary amides is 1. The molecule has 4 rings (SSSR count). The third kappa shape index (κ3) is 8.50. The first kappa shape index (κ1) is 34.7. The zero-order chi connectivity index (χ0) is 28.6. The van der Waals surface area contributed by atoms with Gasteiger partial charge in [-0.05, 0) is 54.4 Å². The predicted octanol–water partition coefficient (Wildman–Crippen LogP) is 2.92. The molecule has 3 amide bonds. The second-order valence-corrected chi connectivity index (χ2v) is 9.81. The zero-order valence-corrected chi connectivity index (χ0v) is 25.8. The molecule has 0 saturated heterocycles. The highest BCUT2D eigenvalue weighted by Crippen LogP contribution is 2.27. The molecule has 0 saturated carbocycles. The van der Waals surface area contributed by atoms with E-state index in [1.54, 1.807) is 29.1 Å². The van der Waals surface area contributed by atoms with Crippen molar-refractivity contribution in [3.05, 3.63) is 83.0 Å². The number of halogens is 2. The maximum Gasteiger partial charge on any atom is 0.250 e. The molecule has 3 aromatic rings. The van der Waals surface area contributed by atoms with Crippen molar-refractivity contribution in [2.45, 2.75) is 26.9 Å². The average Bonchev–Trinajstić information content (AvgIpc) is 3.39. The molecule has 1 aliphatic heterocycles. The number of carbonyl (C=O) groups is 3. The van der Waals surface area contributed by atoms with Gasteiger partial charge in [0, 0.05) is 50.7 Å². The molecule has 0 spiro atoms. The van der Waals surface area contributed by atoms with Crippen molar-refractivity contribution in [3.63, 3.8) is 0 Å². The molecule has 0 aliphatic carbocycles. The molecule has 2 heterocycles. The summed E-state index contributed by atoms with van der Waals surface area (Å²) in [6.45, 7) is 7.36. The van der Waals surface area contributed by atoms with Crippen LogP contribution >= 0.6 is 24.8 Å². The molecule has 0 bridgehead atoms. The number of hydrazine groups is 1. The number of likely N-dealkylation sites (N-methyl/N-ethyl adjacent to an activating group) is 2. The fourth-order valence-corrected chi connectivity index (χ4v) is 4.75. The first-order valence-corrected chi connectivity index (χ1v) is 13.4. The van der Waals surface area contributed by atoms with Gasteiger partial charge in [-0.25, -0.2) is 5.01 Å². The van der Waals surface area contributed by atoms with Gasteiger partial charge in [-0.15, -0.1) is 24.8 Å². The number of amides is 3. The molecule has 0 unspecified atom stereocenters. The van der Waals surface area contributed by atoms with E-state index in [9.17, 15) is 14.4 Å². The van der Waals surface area contributed by atoms with Gasteiger partial charge in [0.05, 0.1) is 24.3 Å². The number of aromatic nitrogens is 1. The number of anilines is 1. The number of aryl methyl sites for hydroxylation is 1. The van der Waals surface area contributed by atoms with Crippen LogP contribution in [0.3, 0.4) is 0 Å². The molecule has 2 aromatic carbocycles. The first-order valence-electron chi connectivity index (χ1n) is 13.4. The van der Waals surface area contributed by atoms with Crippen LogP contribution in [-0.4, -0.2) is 72.5 Å². The SMILES string of the molecule is CCNCCN(C(=O)CNCC(=O)N(C)N1Cc2ccccc2C1)c1ccc(-c2ccc(C(N)=O)cn2)cc1C.Cl.Cl. The maximum absolute atomic E-state index is 13.3. The number of nitrogens with one attached hydrogen (secondary N) is 2. The van der Waals surface area contributed by atoms with Crippen molar-refractivity contribution in [1.29, 1.82) is 0 Å². The van der Waals surface area contributed by atoms with E-state index in [1.807, 2.05) is 49.2 Å². The van der Waals surface area contributed by atoms with E-state index in [0.717, 1.165) is 23.4 Å². The van der Waals surface area contributed by atoms with Gasteiger partial charge in [0.15, 0.2) is 0 Å². The van der Waals surface area contributed by atoms with Crippen LogP contribution in [0.4, 0.5) is 5.69 Å². The Hall–Kier alpha value is -3.54. The number of nitrogens with zero attached hydrogens (tertiary/aromatic N) is 4. The van der Waals surface area contributed by atoms with Crippen LogP contribution in [0, 0.1) is 6.92 Å². The van der Waals surface area contributed by atoms with E-state index in [1.165, 1.54) is 17.3 Å². The van der Waals surface area contributed by atoms with Gasteiger partial charge in [-0.2, -0.15) is 0 Å². The largest absolute Gasteiger partial charge is 0.366 e. The molecular weight excluding hydrogens is 577 g/mol. The minimum atomic E-state index is -0.524. The Morgan fingerprint density at radius 3 is 2.19 bits per heavy atom. The molecule has 226 valence electrons. The summed E-state index contributed by atoms with van der Waals surface area (Å²) in [4.78, 5) is 43.6. The summed E-state index contributed by atoms with van der Waals surface area (Å²) < 4.78 is 0. The van der Waals surface area contributed by atoms with Crippen LogP contribution < -0.4 is 21.3 Å². The van der Waals surface area contributed by atoms with Gasteiger partial charge >= 0.3 is 0 Å². The van der Waals surface area contributed by atoms with Gasteiger partial charge in [-0.3, -0.25) is 29.7 Å². The molecule has 0 radical (unpaired) electrons. The summed E-state index contributed by atoms with van der Waals surface area (Å²) in [5.41, 5.74) is 11.4. The zero-order valence-electron chi connectivity index (χ0n) is 24.1. The normalized spacial score (nSPS) is 12.1. The smallest absolute Gasteiger partial charge is 0.250 e. The number of hydrogen-bond donors (Lipinski definition) is 3. The Morgan fingerprint density at radius 2 is 1.62 bits per heavy atom. The van der Waals surface area contributed by atoms with E-state index in [2.05, 4.69) is 27.8 Å². The van der Waals surface area contributed by atoms with Crippen molar-refractivity contribution in [2.75, 3.05) is 44.7 Å². The highest BCUT2D eigenvalue weighted by Gasteiger charge is 2.25. The number of pyridine rings is 1. The van der Waals surface area contributed by atoms with Crippen LogP contribution in [0.2, 0.25) is 0 Å². The minimum absolute atomic E-state index is 0. The van der Waals surface area contributed by atoms with Crippen LogP contribution in [-0.2, 0) is 22.7 Å². The van der Waals surface area contributed by atoms with Crippen LogP contribution in [0.15, 0.2) is 60.8 Å². The summed E-state index contributed by atoms with van der Waals surface area (Å²) in [6, 6.07) is 17.4. The Kier molecular flexibility index (Phi) is 13.4. The van der Waals surface area contributed by atoms with E-state index < -0.39 is 5.91 Å². The number of rotatable bonds is 12. The third-order valence-corrected chi connectivity index (χ3v) is 7.06. The van der Waals surface area contributed by atoms with E-state index in [-0.39, 0.29) is 49.7 Å². The Labute approximate surface area is 259 Å². The summed E-state index contributed by atoms with van der Waals surface area (Å²) in [7, 11) is 1.77. The minimum Gasteiger partial charge on any atom is -0.366 e. The summed E-state index contributed by atoms with van der Waals surface area (Å²) in [5, 5.41) is 9.95. The molecule has 1 aromatic heterocycles. The number of benzene rings is 2. The number of nitrogens with two attached hydrogens (primary N) is 1. The fourth-order valence-electron chi connectivity index (χ4n) is 4.75. The van der Waals surface area contributed by atoms with Crippen molar-refractivity contribution in [2.24, 2.45) is 5.73 Å². The highest BCUT2D eigenvalue weighted by atomic mass is 35.5. The van der Waals surface area contributed by atoms with Crippen LogP contribution in [0.1, 0.15) is 34.0 Å². The van der Waals surface area contributed by atoms with Gasteiger partial charge in [0.2, 0.25) is 11.8 Å². The van der Waals surface area contributed by atoms with E-state index in [4.69, 9.17) is 5.73 Å². The molecule has 0 atom stereocenters. The Bertz CT molecular complexity index is 1350. The quantitative estimate of drug-likeness (QED) is 0.268. The summed E-state index contributed by atoms with van der Waals surface area (Å²) >= 11 is 0. The summed E-state index contributed by atoms with van der Waals surface area (Å²) in [6.07, 6.45) is 1.46. The Morgan fingerprint density at radius 1 is 0.952 bits per heavy atom. The lowest BCUT2D eigenvalue weighted by atomic mass is 10.0. The number of hydrogen-bond acceptors (Lipinski definition) is 7. The van der Waals surface area contributed by atoms with E-state index in [0.29, 0.717) is 37.4 Å². The average molecular weight is 617 g/mol. The second-order valence-electron chi connectivity index (χ2n) is 9.81. The second kappa shape index (κ2) is 16.2. The van der Waals surface area contributed by atoms with Gasteiger partial charge in [0.25, 0.3) is 5.91 Å². The maximum atomic E-state index is 13.3. The van der Waals surface area contributed by atoms with Crippen molar-refractivity contribution >= 4 is 48.2 Å². The summed E-state index contributed by atoms with van der Waals surface area (Å²) in [5.74, 6) is -0.749. The molecule has 42 heavy (non-hydrogen) atoms. The lowest BCUT2D eigenvalue weighted by molar-refractivity contribution is -0.145. The van der Waals surface area contributed by atoms with Crippen LogP contribution in [0.25, 0.3) is 11.3 Å². The van der Waals surface area contributed by atoms with Crippen LogP contribution in [0.5, 0.6) is 0 Å². The Balaban J connectivity index is 0.00000308. The van der Waals surface area contributed by atoms with Crippen molar-refractivity contribution in [1.82, 2.24) is 25.6 Å². The van der Waals surface area contributed by atoms with Gasteiger partial charge in [0.1, 0.15) is 0 Å². The van der Waals surface area contributed by atoms with Crippen molar-refractivity contribution < 1.29 is 14.4 Å². The molecule has 12 heteroatoms. The standard InChI is InChI=1S/C30H37N7O3.2ClH/c1-4-32-13-14-37(27-12-10-22(15-21(27)2)26-11-9-23(16-34-26)30(31)40)29(39)18-33-17-28(38)35(3)36-19-24-7-5-6-8-25(24)20-36;;/h5-12,15-16,32-33H,4,13-14,17-20H2,1-3H3,(H2,31,40);2*1H. The van der Waals surface area contributed by atoms with E-state index >= 15 is 0 Å². The third-order valence-electron chi connectivity index (χ3n) is 7.06. The lowest BCUT2D eigenvalue weighted by Crippen LogP contribution is -2.47. The van der Waals surface area contributed by atoms with Gasteiger partial charge in [-0.1, -0.05) is 37.3 Å². The monoisotopic (exact) mass is 615 g/mol. The lowest BCUT2D eigenvalue weighted by Gasteiger charge is -2.28. The molecule has 0 fully saturated rings. The van der Waals surface area contributed by atoms with Gasteiger partial charge < -0.3 is 16.0 Å². The number of carbonyl (C=O) groups excluding carboxylic acids is 3.